The van der Waals surface area contributed by atoms with Crippen molar-refractivity contribution < 1.29 is 4.79 Å². The Bertz CT molecular complexity index is 533. The highest BCUT2D eigenvalue weighted by molar-refractivity contribution is 7.80. The van der Waals surface area contributed by atoms with E-state index in [1.807, 2.05) is 0 Å². The second-order valence-electron chi connectivity index (χ2n) is 3.38. The molecule has 0 saturated heterocycles. The normalized spacial score (nSPS) is 9.88. The molecule has 0 aliphatic carbocycles. The second-order valence-corrected chi connectivity index (χ2v) is 3.82. The molecule has 17 heavy (non-hydrogen) atoms. The van der Waals surface area contributed by atoms with Gasteiger partial charge >= 0.3 is 0 Å². The van der Waals surface area contributed by atoms with E-state index in [1.165, 1.54) is 6.20 Å². The first-order chi connectivity index (χ1) is 8.16. The van der Waals surface area contributed by atoms with Crippen LogP contribution in [0, 0.1) is 0 Å². The molecule has 6 heteroatoms. The molecule has 2 aromatic rings. The standard InChI is InChI=1S/C11H10N4OS/c12-10(17)7-1-3-8(4-2-7)11(16)15-9-5-13-14-6-9/h1-6H,(H2,12,17)(H,13,14)(H,15,16). The van der Waals surface area contributed by atoms with Crippen molar-refractivity contribution in [1.29, 1.82) is 0 Å². The van der Waals surface area contributed by atoms with Crippen LogP contribution < -0.4 is 11.1 Å². The maximum Gasteiger partial charge on any atom is 0.255 e. The van der Waals surface area contributed by atoms with Gasteiger partial charge in [-0.25, -0.2) is 0 Å². The third-order valence-electron chi connectivity index (χ3n) is 2.19. The summed E-state index contributed by atoms with van der Waals surface area (Å²) in [4.78, 5) is 12.1. The number of hydrogen-bond acceptors (Lipinski definition) is 3. The number of anilines is 1. The molecule has 0 radical (unpaired) electrons. The minimum atomic E-state index is -0.208. The second kappa shape index (κ2) is 4.75. The van der Waals surface area contributed by atoms with Gasteiger partial charge in [0.15, 0.2) is 0 Å². The highest BCUT2D eigenvalue weighted by atomic mass is 32.1. The fourth-order valence-electron chi connectivity index (χ4n) is 1.31. The van der Waals surface area contributed by atoms with Crippen LogP contribution in [-0.2, 0) is 0 Å². The van der Waals surface area contributed by atoms with Crippen LogP contribution in [0.25, 0.3) is 0 Å². The molecule has 2 rings (SSSR count). The number of nitrogens with one attached hydrogen (secondary N) is 2. The number of nitrogens with zero attached hydrogens (tertiary/aromatic N) is 1. The van der Waals surface area contributed by atoms with E-state index >= 15 is 0 Å². The average Bonchev–Trinajstić information content (AvgIpc) is 2.82. The average molecular weight is 246 g/mol. The van der Waals surface area contributed by atoms with E-state index in [2.05, 4.69) is 15.5 Å². The summed E-state index contributed by atoms with van der Waals surface area (Å²) in [6.45, 7) is 0. The molecule has 1 amide bonds. The van der Waals surface area contributed by atoms with Crippen LogP contribution in [0.15, 0.2) is 36.7 Å². The predicted octanol–water partition coefficient (Wildman–Crippen LogP) is 1.30. The molecule has 1 aromatic heterocycles. The van der Waals surface area contributed by atoms with Crippen LogP contribution in [0.3, 0.4) is 0 Å². The zero-order chi connectivity index (χ0) is 12.3. The van der Waals surface area contributed by atoms with E-state index in [0.29, 0.717) is 16.2 Å². The topological polar surface area (TPSA) is 83.8 Å². The van der Waals surface area contributed by atoms with Gasteiger partial charge < -0.3 is 11.1 Å². The summed E-state index contributed by atoms with van der Waals surface area (Å²) in [6, 6.07) is 6.77. The van der Waals surface area contributed by atoms with E-state index in [1.54, 1.807) is 30.5 Å². The molecule has 4 N–H and O–H groups in total. The number of benzene rings is 1. The van der Waals surface area contributed by atoms with Gasteiger partial charge in [-0.1, -0.05) is 24.4 Å². The molecule has 0 fully saturated rings. The molecule has 0 atom stereocenters. The zero-order valence-corrected chi connectivity index (χ0v) is 9.62. The van der Waals surface area contributed by atoms with Gasteiger partial charge in [-0.05, 0) is 12.1 Å². The lowest BCUT2D eigenvalue weighted by atomic mass is 10.1. The smallest absolute Gasteiger partial charge is 0.255 e. The molecule has 1 heterocycles. The third kappa shape index (κ3) is 2.67. The molecular formula is C11H10N4OS. The first-order valence-electron chi connectivity index (χ1n) is 4.87. The van der Waals surface area contributed by atoms with Crippen molar-refractivity contribution in [2.75, 3.05) is 5.32 Å². The van der Waals surface area contributed by atoms with E-state index in [0.717, 1.165) is 5.56 Å². The Morgan fingerprint density at radius 2 is 1.94 bits per heavy atom. The summed E-state index contributed by atoms with van der Waals surface area (Å²) < 4.78 is 0. The van der Waals surface area contributed by atoms with E-state index in [9.17, 15) is 4.79 Å². The van der Waals surface area contributed by atoms with E-state index in [4.69, 9.17) is 18.0 Å². The minimum Gasteiger partial charge on any atom is -0.389 e. The molecule has 0 bridgehead atoms. The number of thiocarbonyl (C=S) groups is 1. The monoisotopic (exact) mass is 246 g/mol. The van der Waals surface area contributed by atoms with Gasteiger partial charge in [0.1, 0.15) is 4.99 Å². The number of rotatable bonds is 3. The molecule has 5 nitrogen and oxygen atoms in total. The Labute approximate surface area is 103 Å². The first-order valence-corrected chi connectivity index (χ1v) is 5.27. The van der Waals surface area contributed by atoms with Crippen LogP contribution in [0.1, 0.15) is 15.9 Å². The van der Waals surface area contributed by atoms with Gasteiger partial charge in [0.25, 0.3) is 5.91 Å². The highest BCUT2D eigenvalue weighted by Crippen LogP contribution is 2.08. The molecule has 0 aliphatic rings. The summed E-state index contributed by atoms with van der Waals surface area (Å²) >= 11 is 4.83. The summed E-state index contributed by atoms with van der Waals surface area (Å²) in [7, 11) is 0. The predicted molar refractivity (Wildman–Crippen MR) is 68.9 cm³/mol. The number of nitrogens with two attached hydrogens (primary N) is 1. The molecule has 0 spiro atoms. The number of hydrogen-bond donors (Lipinski definition) is 3. The number of aromatic nitrogens is 2. The lowest BCUT2D eigenvalue weighted by Gasteiger charge is -2.03. The Morgan fingerprint density at radius 1 is 1.29 bits per heavy atom. The Kier molecular flexibility index (Phi) is 3.15. The summed E-state index contributed by atoms with van der Waals surface area (Å²) in [5, 5.41) is 9.04. The van der Waals surface area contributed by atoms with Gasteiger partial charge in [0.2, 0.25) is 0 Å². The van der Waals surface area contributed by atoms with Crippen LogP contribution in [0.2, 0.25) is 0 Å². The molecule has 1 aromatic carbocycles. The SMILES string of the molecule is NC(=S)c1ccc(C(=O)Nc2cn[nH]c2)cc1. The van der Waals surface area contributed by atoms with Crippen molar-refractivity contribution >= 4 is 28.8 Å². The van der Waals surface area contributed by atoms with Crippen LogP contribution in [0.5, 0.6) is 0 Å². The Morgan fingerprint density at radius 3 is 2.47 bits per heavy atom. The van der Waals surface area contributed by atoms with Gasteiger partial charge in [0, 0.05) is 17.3 Å². The maximum atomic E-state index is 11.8. The quantitative estimate of drug-likeness (QED) is 0.713. The number of carbonyl (C=O) groups excluding carboxylic acids is 1. The molecule has 86 valence electrons. The van der Waals surface area contributed by atoms with Gasteiger partial charge in [-0.3, -0.25) is 9.89 Å². The highest BCUT2D eigenvalue weighted by Gasteiger charge is 2.06. The van der Waals surface area contributed by atoms with Crippen molar-refractivity contribution in [2.45, 2.75) is 0 Å². The Balaban J connectivity index is 2.12. The summed E-state index contributed by atoms with van der Waals surface area (Å²) in [5.41, 5.74) is 7.36. The van der Waals surface area contributed by atoms with Gasteiger partial charge in [-0.2, -0.15) is 5.10 Å². The fourth-order valence-corrected chi connectivity index (χ4v) is 1.44. The molecule has 0 saturated carbocycles. The fraction of sp³-hybridized carbons (Fsp3) is 0. The summed E-state index contributed by atoms with van der Waals surface area (Å²) in [5.74, 6) is -0.208. The molecule has 0 aliphatic heterocycles. The van der Waals surface area contributed by atoms with Gasteiger partial charge in [0.05, 0.1) is 11.9 Å². The minimum absolute atomic E-state index is 0.208. The van der Waals surface area contributed by atoms with Crippen molar-refractivity contribution in [3.05, 3.63) is 47.8 Å². The van der Waals surface area contributed by atoms with E-state index < -0.39 is 0 Å². The largest absolute Gasteiger partial charge is 0.389 e. The van der Waals surface area contributed by atoms with Crippen LogP contribution >= 0.6 is 12.2 Å². The summed E-state index contributed by atoms with van der Waals surface area (Å²) in [6.07, 6.45) is 3.13. The zero-order valence-electron chi connectivity index (χ0n) is 8.81. The van der Waals surface area contributed by atoms with Crippen LogP contribution in [0.4, 0.5) is 5.69 Å². The van der Waals surface area contributed by atoms with Crippen molar-refractivity contribution in [1.82, 2.24) is 10.2 Å². The van der Waals surface area contributed by atoms with Crippen molar-refractivity contribution in [3.8, 4) is 0 Å². The van der Waals surface area contributed by atoms with Crippen molar-refractivity contribution in [2.24, 2.45) is 5.73 Å². The van der Waals surface area contributed by atoms with Crippen molar-refractivity contribution in [3.63, 3.8) is 0 Å². The third-order valence-corrected chi connectivity index (χ3v) is 2.42. The first kappa shape index (κ1) is 11.3. The number of H-pyrrole nitrogens is 1. The lowest BCUT2D eigenvalue weighted by Crippen LogP contribution is -2.13. The van der Waals surface area contributed by atoms with Crippen LogP contribution in [-0.4, -0.2) is 21.1 Å². The maximum absolute atomic E-state index is 11.8. The number of amides is 1. The van der Waals surface area contributed by atoms with Gasteiger partial charge in [-0.15, -0.1) is 0 Å². The number of aromatic amines is 1. The van der Waals surface area contributed by atoms with E-state index in [-0.39, 0.29) is 5.91 Å². The molecular weight excluding hydrogens is 236 g/mol. The lowest BCUT2D eigenvalue weighted by molar-refractivity contribution is 0.102. The Hall–Kier alpha value is -2.21. The number of carbonyl (C=O) groups is 1. The molecule has 0 unspecified atom stereocenters.